The Balaban J connectivity index is 1.14. The molecule has 0 spiro atoms. The summed E-state index contributed by atoms with van der Waals surface area (Å²) in [5.74, 6) is 2.44. The zero-order valence-electron chi connectivity index (χ0n) is 15.4. The van der Waals surface area contributed by atoms with Crippen LogP contribution in [0.1, 0.15) is 12.8 Å². The molecule has 8 nitrogen and oxygen atoms in total. The minimum absolute atomic E-state index is 0.0253. The first-order valence-corrected chi connectivity index (χ1v) is 9.69. The number of allylic oxidation sites excluding steroid dienone is 2. The van der Waals surface area contributed by atoms with E-state index in [2.05, 4.69) is 37.7 Å². The van der Waals surface area contributed by atoms with Crippen LogP contribution in [0.2, 0.25) is 0 Å². The molecule has 1 aromatic rings. The van der Waals surface area contributed by atoms with Crippen LogP contribution in [0.5, 0.6) is 0 Å². The average Bonchev–Trinajstić information content (AvgIpc) is 3.34. The number of amides is 3. The van der Waals surface area contributed by atoms with Crippen molar-refractivity contribution in [1.82, 2.24) is 25.5 Å². The second-order valence-electron chi connectivity index (χ2n) is 7.53. The van der Waals surface area contributed by atoms with E-state index in [0.29, 0.717) is 56.4 Å². The number of hydrogen-bond donors (Lipinski definition) is 2. The molecule has 1 saturated heterocycles. The van der Waals surface area contributed by atoms with E-state index < -0.39 is 0 Å². The molecule has 0 radical (unpaired) electrons. The number of aromatic nitrogens is 2. The molecule has 2 heterocycles. The monoisotopic (exact) mass is 370 g/mol. The Morgan fingerprint density at radius 2 is 1.81 bits per heavy atom. The van der Waals surface area contributed by atoms with Crippen LogP contribution < -0.4 is 15.5 Å². The lowest BCUT2D eigenvalue weighted by molar-refractivity contribution is -0.120. The Kier molecular flexibility index (Phi) is 5.22. The molecule has 144 valence electrons. The Morgan fingerprint density at radius 3 is 2.48 bits per heavy atom. The summed E-state index contributed by atoms with van der Waals surface area (Å²) in [5, 5.41) is 5.69. The van der Waals surface area contributed by atoms with Crippen LogP contribution in [0, 0.1) is 17.8 Å². The third-order valence-electron chi connectivity index (χ3n) is 5.78. The molecule has 2 N–H and O–H groups in total. The van der Waals surface area contributed by atoms with Gasteiger partial charge in [-0.15, -0.1) is 0 Å². The van der Waals surface area contributed by atoms with Gasteiger partial charge in [0.1, 0.15) is 0 Å². The van der Waals surface area contributed by atoms with Crippen molar-refractivity contribution in [2.24, 2.45) is 17.8 Å². The van der Waals surface area contributed by atoms with Gasteiger partial charge in [0, 0.05) is 45.1 Å². The van der Waals surface area contributed by atoms with Crippen molar-refractivity contribution >= 4 is 17.9 Å². The van der Waals surface area contributed by atoms with Crippen molar-refractivity contribution in [2.45, 2.75) is 12.8 Å². The molecule has 2 fully saturated rings. The normalized spacial score (nSPS) is 26.3. The Bertz CT molecular complexity index is 701. The first-order valence-electron chi connectivity index (χ1n) is 9.69. The summed E-state index contributed by atoms with van der Waals surface area (Å²) in [6, 6.07) is 1.59. The van der Waals surface area contributed by atoms with Gasteiger partial charge in [-0.3, -0.25) is 4.79 Å². The highest BCUT2D eigenvalue weighted by molar-refractivity contribution is 5.84. The molecule has 2 aliphatic carbocycles. The van der Waals surface area contributed by atoms with Crippen molar-refractivity contribution in [3.63, 3.8) is 0 Å². The first kappa shape index (κ1) is 17.8. The Labute approximate surface area is 159 Å². The topological polar surface area (TPSA) is 90.5 Å². The van der Waals surface area contributed by atoms with Crippen LogP contribution in [-0.2, 0) is 4.79 Å². The summed E-state index contributed by atoms with van der Waals surface area (Å²) in [6.07, 6.45) is 10.4. The van der Waals surface area contributed by atoms with E-state index in [1.165, 1.54) is 12.8 Å². The molecule has 2 bridgehead atoms. The summed E-state index contributed by atoms with van der Waals surface area (Å²) in [4.78, 5) is 36.6. The molecule has 3 aliphatic rings. The molecule has 8 heteroatoms. The minimum Gasteiger partial charge on any atom is -0.354 e. The summed E-state index contributed by atoms with van der Waals surface area (Å²) in [7, 11) is 0. The molecule has 1 saturated carbocycles. The van der Waals surface area contributed by atoms with Crippen molar-refractivity contribution in [2.75, 3.05) is 44.2 Å². The van der Waals surface area contributed by atoms with Gasteiger partial charge in [0.25, 0.3) is 0 Å². The van der Waals surface area contributed by atoms with Crippen molar-refractivity contribution in [3.8, 4) is 0 Å². The highest BCUT2D eigenvalue weighted by Gasteiger charge is 2.35. The van der Waals surface area contributed by atoms with Gasteiger partial charge in [-0.2, -0.15) is 0 Å². The van der Waals surface area contributed by atoms with E-state index in [4.69, 9.17) is 0 Å². The number of rotatable bonds is 5. The quantitative estimate of drug-likeness (QED) is 0.742. The molecule has 27 heavy (non-hydrogen) atoms. The van der Waals surface area contributed by atoms with Crippen LogP contribution in [-0.4, -0.2) is 66.1 Å². The second-order valence-corrected chi connectivity index (χ2v) is 7.53. The summed E-state index contributed by atoms with van der Waals surface area (Å²) in [6.45, 7) is 3.27. The number of urea groups is 1. The third-order valence-corrected chi connectivity index (χ3v) is 5.78. The van der Waals surface area contributed by atoms with Crippen LogP contribution in [0.4, 0.5) is 10.7 Å². The molecule has 4 rings (SSSR count). The lowest BCUT2D eigenvalue weighted by Gasteiger charge is -2.34. The van der Waals surface area contributed by atoms with Crippen LogP contribution >= 0.6 is 0 Å². The van der Waals surface area contributed by atoms with Gasteiger partial charge in [-0.25, -0.2) is 14.8 Å². The SMILES string of the molecule is O=C(CNC(=O)N1CCN(c2ncccn2)CC1)NC[C@H]1C[C@H]2C=C[C@H]1C2. The molecule has 3 amide bonds. The molecule has 1 aliphatic heterocycles. The fourth-order valence-corrected chi connectivity index (χ4v) is 4.27. The first-order chi connectivity index (χ1) is 13.2. The number of nitrogens with zero attached hydrogens (tertiary/aromatic N) is 4. The van der Waals surface area contributed by atoms with Gasteiger partial charge in [-0.05, 0) is 36.7 Å². The van der Waals surface area contributed by atoms with E-state index in [0.717, 1.165) is 0 Å². The average molecular weight is 370 g/mol. The number of piperazine rings is 1. The smallest absolute Gasteiger partial charge is 0.317 e. The molecular weight excluding hydrogens is 344 g/mol. The van der Waals surface area contributed by atoms with Crippen molar-refractivity contribution < 1.29 is 9.59 Å². The highest BCUT2D eigenvalue weighted by atomic mass is 16.2. The number of hydrogen-bond acceptors (Lipinski definition) is 5. The number of anilines is 1. The van der Waals surface area contributed by atoms with Gasteiger partial charge >= 0.3 is 6.03 Å². The number of fused-ring (bicyclic) bond motifs is 2. The Morgan fingerprint density at radius 1 is 1.04 bits per heavy atom. The predicted molar refractivity (Wildman–Crippen MR) is 101 cm³/mol. The van der Waals surface area contributed by atoms with E-state index in [-0.39, 0.29) is 18.5 Å². The zero-order valence-corrected chi connectivity index (χ0v) is 15.4. The molecule has 3 atom stereocenters. The van der Waals surface area contributed by atoms with Crippen LogP contribution in [0.25, 0.3) is 0 Å². The zero-order chi connectivity index (χ0) is 18.6. The summed E-state index contributed by atoms with van der Waals surface area (Å²) >= 11 is 0. The fraction of sp³-hybridized carbons (Fsp3) is 0.579. The minimum atomic E-state index is -0.193. The highest BCUT2D eigenvalue weighted by Crippen LogP contribution is 2.42. The van der Waals surface area contributed by atoms with Gasteiger partial charge < -0.3 is 20.4 Å². The second kappa shape index (κ2) is 7.94. The van der Waals surface area contributed by atoms with Crippen molar-refractivity contribution in [3.05, 3.63) is 30.6 Å². The lowest BCUT2D eigenvalue weighted by Crippen LogP contribution is -2.53. The van der Waals surface area contributed by atoms with Gasteiger partial charge in [-0.1, -0.05) is 12.2 Å². The van der Waals surface area contributed by atoms with Gasteiger partial charge in [0.05, 0.1) is 6.54 Å². The number of carbonyl (C=O) groups is 2. The number of nitrogens with one attached hydrogen (secondary N) is 2. The summed E-state index contributed by atoms with van der Waals surface area (Å²) < 4.78 is 0. The summed E-state index contributed by atoms with van der Waals surface area (Å²) in [5.41, 5.74) is 0. The van der Waals surface area contributed by atoms with E-state index >= 15 is 0 Å². The fourth-order valence-electron chi connectivity index (χ4n) is 4.27. The van der Waals surface area contributed by atoms with Crippen molar-refractivity contribution in [1.29, 1.82) is 0 Å². The maximum Gasteiger partial charge on any atom is 0.317 e. The Hall–Kier alpha value is -2.64. The largest absolute Gasteiger partial charge is 0.354 e. The maximum absolute atomic E-state index is 12.3. The predicted octanol–water partition coefficient (Wildman–Crippen LogP) is 0.637. The number of carbonyl (C=O) groups excluding carboxylic acids is 2. The lowest BCUT2D eigenvalue weighted by atomic mass is 9.94. The van der Waals surface area contributed by atoms with Crippen LogP contribution in [0.3, 0.4) is 0 Å². The molecule has 1 aromatic heterocycles. The van der Waals surface area contributed by atoms with E-state index in [9.17, 15) is 9.59 Å². The van der Waals surface area contributed by atoms with E-state index in [1.54, 1.807) is 23.4 Å². The van der Waals surface area contributed by atoms with Gasteiger partial charge in [0.15, 0.2) is 0 Å². The van der Waals surface area contributed by atoms with Crippen LogP contribution in [0.15, 0.2) is 30.6 Å². The molecule has 0 aromatic carbocycles. The maximum atomic E-state index is 12.3. The molecule has 0 unspecified atom stereocenters. The van der Waals surface area contributed by atoms with Gasteiger partial charge in [0.2, 0.25) is 11.9 Å². The van der Waals surface area contributed by atoms with E-state index in [1.807, 2.05) is 0 Å². The molecular formula is C19H26N6O2. The third kappa shape index (κ3) is 4.20. The standard InChI is InChI=1S/C19H26N6O2/c26-17(22-12-16-11-14-2-3-15(16)10-14)13-23-19(27)25-8-6-24(7-9-25)18-20-4-1-5-21-18/h1-5,14-16H,6-13H2,(H,22,26)(H,23,27)/t14-,15-,16+/m0/s1.